The highest BCUT2D eigenvalue weighted by Gasteiger charge is 2.41. The molecular weight excluding hydrogens is 358 g/mol. The third-order valence-corrected chi connectivity index (χ3v) is 4.96. The van der Waals surface area contributed by atoms with E-state index >= 15 is 0 Å². The number of methoxy groups -OCH3 is 1. The number of anilines is 2. The van der Waals surface area contributed by atoms with Crippen LogP contribution in [0.1, 0.15) is 18.5 Å². The van der Waals surface area contributed by atoms with Gasteiger partial charge in [0.15, 0.2) is 11.5 Å². The van der Waals surface area contributed by atoms with Crippen molar-refractivity contribution in [2.24, 2.45) is 5.92 Å². The van der Waals surface area contributed by atoms with E-state index in [0.717, 1.165) is 11.3 Å². The van der Waals surface area contributed by atoms with Crippen LogP contribution < -0.4 is 15.4 Å². The van der Waals surface area contributed by atoms with E-state index < -0.39 is 12.0 Å². The summed E-state index contributed by atoms with van der Waals surface area (Å²) < 4.78 is 6.95. The van der Waals surface area contributed by atoms with Gasteiger partial charge in [-0.05, 0) is 36.8 Å². The molecule has 0 saturated heterocycles. The number of amides is 1. The van der Waals surface area contributed by atoms with Gasteiger partial charge in [-0.15, -0.1) is 0 Å². The molecule has 3 aromatic rings. The quantitative estimate of drug-likeness (QED) is 0.644. The average molecular weight is 379 g/mol. The van der Waals surface area contributed by atoms with Crippen molar-refractivity contribution >= 4 is 17.5 Å². The number of ether oxygens (including phenoxy) is 1. The summed E-state index contributed by atoms with van der Waals surface area (Å²) in [5.41, 5.74) is 1.52. The van der Waals surface area contributed by atoms with Crippen LogP contribution in [0.25, 0.3) is 0 Å². The van der Waals surface area contributed by atoms with Crippen molar-refractivity contribution < 1.29 is 14.6 Å². The van der Waals surface area contributed by atoms with Gasteiger partial charge >= 0.3 is 0 Å². The first-order valence-corrected chi connectivity index (χ1v) is 8.97. The van der Waals surface area contributed by atoms with Crippen molar-refractivity contribution in [3.05, 3.63) is 60.4 Å². The second kappa shape index (κ2) is 7.22. The van der Waals surface area contributed by atoms with Crippen molar-refractivity contribution in [1.29, 1.82) is 0 Å². The van der Waals surface area contributed by atoms with Gasteiger partial charge in [-0.1, -0.05) is 24.3 Å². The molecule has 1 aliphatic heterocycles. The van der Waals surface area contributed by atoms with Crippen LogP contribution in [0.3, 0.4) is 0 Å². The van der Waals surface area contributed by atoms with Gasteiger partial charge in [0.1, 0.15) is 6.33 Å². The fourth-order valence-corrected chi connectivity index (χ4v) is 3.62. The Balaban J connectivity index is 1.76. The number of aromatic nitrogens is 3. The van der Waals surface area contributed by atoms with Crippen LogP contribution in [-0.2, 0) is 4.79 Å². The van der Waals surface area contributed by atoms with Crippen LogP contribution in [-0.4, -0.2) is 38.9 Å². The van der Waals surface area contributed by atoms with Crippen LogP contribution in [0, 0.1) is 5.92 Å². The monoisotopic (exact) mass is 379 g/mol. The minimum Gasteiger partial charge on any atom is -0.504 e. The first-order chi connectivity index (χ1) is 13.6. The number of aromatic hydroxyl groups is 1. The van der Waals surface area contributed by atoms with E-state index in [1.165, 1.54) is 13.4 Å². The molecule has 0 saturated carbocycles. The largest absolute Gasteiger partial charge is 0.504 e. The van der Waals surface area contributed by atoms with Crippen molar-refractivity contribution in [2.75, 3.05) is 17.7 Å². The Morgan fingerprint density at radius 1 is 1.25 bits per heavy atom. The van der Waals surface area contributed by atoms with Crippen molar-refractivity contribution in [2.45, 2.75) is 19.0 Å². The number of benzene rings is 2. The summed E-state index contributed by atoms with van der Waals surface area (Å²) in [6.07, 6.45) is 1.46. The summed E-state index contributed by atoms with van der Waals surface area (Å²) in [7, 11) is 1.49. The molecule has 1 aromatic heterocycles. The number of phenols is 1. The van der Waals surface area contributed by atoms with Crippen LogP contribution >= 0.6 is 0 Å². The molecule has 3 N–H and O–H groups in total. The fourth-order valence-electron chi connectivity index (χ4n) is 3.62. The molecule has 0 aliphatic carbocycles. The zero-order valence-corrected chi connectivity index (χ0v) is 15.5. The Morgan fingerprint density at radius 2 is 2.04 bits per heavy atom. The lowest BCUT2D eigenvalue weighted by Crippen LogP contribution is -2.46. The molecule has 0 fully saturated rings. The zero-order chi connectivity index (χ0) is 19.7. The van der Waals surface area contributed by atoms with Crippen LogP contribution in [0.2, 0.25) is 0 Å². The summed E-state index contributed by atoms with van der Waals surface area (Å²) >= 11 is 0. The van der Waals surface area contributed by atoms with Gasteiger partial charge in [-0.2, -0.15) is 10.1 Å². The number of nitrogens with zero attached hydrogens (tertiary/aromatic N) is 3. The molecule has 8 heteroatoms. The summed E-state index contributed by atoms with van der Waals surface area (Å²) in [6, 6.07) is 13.8. The van der Waals surface area contributed by atoms with E-state index in [4.69, 9.17) is 4.74 Å². The number of rotatable bonds is 4. The number of hydrogen-bond acceptors (Lipinski definition) is 6. The van der Waals surface area contributed by atoms with Crippen LogP contribution in [0.5, 0.6) is 11.5 Å². The molecule has 3 atom stereocenters. The lowest BCUT2D eigenvalue weighted by molar-refractivity contribution is -0.121. The third kappa shape index (κ3) is 3.13. The molecule has 4 rings (SSSR count). The van der Waals surface area contributed by atoms with Crippen LogP contribution in [0.4, 0.5) is 11.6 Å². The molecule has 0 spiro atoms. The minimum absolute atomic E-state index is 0.0392. The third-order valence-electron chi connectivity index (χ3n) is 4.96. The van der Waals surface area contributed by atoms with Gasteiger partial charge in [0.25, 0.3) is 0 Å². The molecule has 28 heavy (non-hydrogen) atoms. The number of carbonyl (C=O) groups is 1. The van der Waals surface area contributed by atoms with Crippen molar-refractivity contribution in [3.63, 3.8) is 0 Å². The van der Waals surface area contributed by atoms with E-state index in [-0.39, 0.29) is 17.7 Å². The maximum absolute atomic E-state index is 13.2. The predicted octanol–water partition coefficient (Wildman–Crippen LogP) is 2.65. The topological polar surface area (TPSA) is 101 Å². The maximum atomic E-state index is 13.2. The van der Waals surface area contributed by atoms with Gasteiger partial charge < -0.3 is 20.5 Å². The Hall–Kier alpha value is -3.55. The van der Waals surface area contributed by atoms with E-state index in [9.17, 15) is 9.90 Å². The Bertz CT molecular complexity index is 989. The highest BCUT2D eigenvalue weighted by molar-refractivity contribution is 5.94. The van der Waals surface area contributed by atoms with Crippen molar-refractivity contribution in [3.8, 4) is 11.5 Å². The molecule has 144 valence electrons. The molecule has 2 heterocycles. The minimum atomic E-state index is -0.469. The van der Waals surface area contributed by atoms with E-state index in [2.05, 4.69) is 20.7 Å². The average Bonchev–Trinajstić information content (AvgIpc) is 3.16. The normalized spacial score (nSPS) is 20.7. The number of fused-ring (bicyclic) bond motifs is 1. The number of carbonyl (C=O) groups excluding carboxylic acids is 1. The van der Waals surface area contributed by atoms with Gasteiger partial charge in [-0.3, -0.25) is 4.79 Å². The number of nitrogens with one attached hydrogen (secondary N) is 2. The molecule has 0 radical (unpaired) electrons. The first kappa shape index (κ1) is 17.8. The first-order valence-electron chi connectivity index (χ1n) is 8.97. The lowest BCUT2D eigenvalue weighted by atomic mass is 9.85. The van der Waals surface area contributed by atoms with Crippen LogP contribution in [0.15, 0.2) is 54.9 Å². The molecule has 2 aromatic carbocycles. The van der Waals surface area contributed by atoms with Gasteiger partial charge in [0, 0.05) is 11.7 Å². The Morgan fingerprint density at radius 3 is 2.79 bits per heavy atom. The SMILES string of the molecule is COc1cc([C@H]2[C@H](C(=O)Nc3ccccc3)[C@@H](C)Nc3ncnn32)ccc1O. The highest BCUT2D eigenvalue weighted by Crippen LogP contribution is 2.39. The van der Waals surface area contributed by atoms with Gasteiger partial charge in [0.05, 0.1) is 19.1 Å². The van der Waals surface area contributed by atoms with Gasteiger partial charge in [-0.25, -0.2) is 4.68 Å². The second-order valence-corrected chi connectivity index (χ2v) is 6.72. The fraction of sp³-hybridized carbons (Fsp3) is 0.250. The second-order valence-electron chi connectivity index (χ2n) is 6.72. The smallest absolute Gasteiger partial charge is 0.232 e. The van der Waals surface area contributed by atoms with E-state index in [1.807, 2.05) is 37.3 Å². The molecular formula is C20H21N5O3. The Labute approximate surface area is 162 Å². The molecule has 1 amide bonds. The van der Waals surface area contributed by atoms with Crippen molar-refractivity contribution in [1.82, 2.24) is 14.8 Å². The number of phenolic OH excluding ortho intramolecular Hbond substituents is 1. The lowest BCUT2D eigenvalue weighted by Gasteiger charge is -2.37. The summed E-state index contributed by atoms with van der Waals surface area (Å²) in [5, 5.41) is 20.5. The molecule has 0 bridgehead atoms. The van der Waals surface area contributed by atoms with E-state index in [0.29, 0.717) is 11.7 Å². The maximum Gasteiger partial charge on any atom is 0.232 e. The number of para-hydroxylation sites is 1. The Kier molecular flexibility index (Phi) is 4.60. The molecule has 8 nitrogen and oxygen atoms in total. The van der Waals surface area contributed by atoms with Gasteiger partial charge in [0.2, 0.25) is 11.9 Å². The molecule has 1 aliphatic rings. The zero-order valence-electron chi connectivity index (χ0n) is 15.5. The number of hydrogen-bond donors (Lipinski definition) is 3. The standard InChI is InChI=1S/C20H21N5O3/c1-12-17(19(27)24-14-6-4-3-5-7-14)18(25-20(23-12)21-11-22-25)13-8-9-15(26)16(10-13)28-2/h3-12,17-18,26H,1-2H3,(H,24,27)(H,21,22,23)/t12-,17-,18+/m1/s1. The summed E-state index contributed by atoms with van der Waals surface area (Å²) in [4.78, 5) is 17.5. The predicted molar refractivity (Wildman–Crippen MR) is 104 cm³/mol. The summed E-state index contributed by atoms with van der Waals surface area (Å²) in [5.74, 6) is 0.367. The molecule has 0 unspecified atom stereocenters. The summed E-state index contributed by atoms with van der Waals surface area (Å²) in [6.45, 7) is 1.94. The van der Waals surface area contributed by atoms with E-state index in [1.54, 1.807) is 22.9 Å². The highest BCUT2D eigenvalue weighted by atomic mass is 16.5.